The summed E-state index contributed by atoms with van der Waals surface area (Å²) in [5.41, 5.74) is 6.45. The Morgan fingerprint density at radius 1 is 1.25 bits per heavy atom. The van der Waals surface area contributed by atoms with Gasteiger partial charge in [-0.3, -0.25) is 19.4 Å². The summed E-state index contributed by atoms with van der Waals surface area (Å²) in [5, 5.41) is 2.74. The summed E-state index contributed by atoms with van der Waals surface area (Å²) in [5.74, 6) is -2.78. The predicted octanol–water partition coefficient (Wildman–Crippen LogP) is 4.52. The van der Waals surface area contributed by atoms with Gasteiger partial charge in [0.15, 0.2) is 5.78 Å². The quantitative estimate of drug-likeness (QED) is 0.411. The number of carbonyl (C=O) groups is 3. The van der Waals surface area contributed by atoms with E-state index in [1.807, 2.05) is 0 Å². The van der Waals surface area contributed by atoms with E-state index in [9.17, 15) is 27.6 Å². The number of amides is 1. The number of nitrogens with zero attached hydrogens (tertiary/aromatic N) is 2. The van der Waals surface area contributed by atoms with Crippen LogP contribution in [0.1, 0.15) is 51.6 Å². The molecule has 0 saturated heterocycles. The molecule has 1 aromatic carbocycles. The Balaban J connectivity index is 1.67. The molecule has 3 N–H and O–H groups in total. The lowest BCUT2D eigenvalue weighted by atomic mass is 9.87. The largest absolute Gasteiger partial charge is 0.433 e. The molecule has 2 aromatic rings. The first kappa shape index (κ1) is 27.1. The summed E-state index contributed by atoms with van der Waals surface area (Å²) in [6.45, 7) is 3.59. The summed E-state index contributed by atoms with van der Waals surface area (Å²) >= 11 is 5.83. The molecule has 1 aliphatic rings. The molecule has 0 radical (unpaired) electrons. The van der Waals surface area contributed by atoms with E-state index < -0.39 is 29.6 Å². The van der Waals surface area contributed by atoms with Gasteiger partial charge in [-0.1, -0.05) is 17.7 Å². The second-order valence-electron chi connectivity index (χ2n) is 8.46. The molecule has 0 bridgehead atoms. The minimum absolute atomic E-state index is 0.00814. The van der Waals surface area contributed by atoms with E-state index in [1.165, 1.54) is 18.5 Å². The van der Waals surface area contributed by atoms with Crippen LogP contribution in [0.3, 0.4) is 0 Å². The number of aromatic nitrogens is 1. The highest BCUT2D eigenvalue weighted by molar-refractivity contribution is 6.39. The van der Waals surface area contributed by atoms with Crippen molar-refractivity contribution >= 4 is 41.0 Å². The van der Waals surface area contributed by atoms with Crippen molar-refractivity contribution in [1.29, 1.82) is 0 Å². The molecule has 7 nitrogen and oxygen atoms in total. The molecule has 0 aliphatic heterocycles. The fraction of sp³-hybridized carbons (Fsp3) is 0.320. The fourth-order valence-corrected chi connectivity index (χ4v) is 4.28. The highest BCUT2D eigenvalue weighted by Crippen LogP contribution is 2.38. The van der Waals surface area contributed by atoms with E-state index >= 15 is 0 Å². The summed E-state index contributed by atoms with van der Waals surface area (Å²) in [7, 11) is 0. The highest BCUT2D eigenvalue weighted by Gasteiger charge is 2.43. The van der Waals surface area contributed by atoms with Crippen LogP contribution < -0.4 is 11.1 Å². The standard InChI is InChI=1S/C25H24ClF3N4O3/c1-13-8-17(32-12-16(26)11-30)9-14(2)21(13)22-19(34)10-15(23(22)35)6-7-31-24(36)18-4-3-5-20(33-18)25(27,28)29/h3-5,8-9,11-12,15,22H,6-7,10,30H2,1-2H3,(H,31,36). The Morgan fingerprint density at radius 2 is 1.92 bits per heavy atom. The van der Waals surface area contributed by atoms with Gasteiger partial charge in [0, 0.05) is 31.3 Å². The van der Waals surface area contributed by atoms with Gasteiger partial charge in [-0.25, -0.2) is 4.98 Å². The van der Waals surface area contributed by atoms with E-state index in [4.69, 9.17) is 17.3 Å². The Morgan fingerprint density at radius 3 is 2.53 bits per heavy atom. The average molecular weight is 521 g/mol. The highest BCUT2D eigenvalue weighted by atomic mass is 35.5. The number of carbonyl (C=O) groups excluding carboxylic acids is 3. The molecule has 190 valence electrons. The maximum Gasteiger partial charge on any atom is 0.433 e. The predicted molar refractivity (Wildman–Crippen MR) is 129 cm³/mol. The first-order valence-corrected chi connectivity index (χ1v) is 11.4. The number of nitrogens with two attached hydrogens (primary N) is 1. The van der Waals surface area contributed by atoms with Crippen LogP contribution in [0.15, 0.2) is 46.6 Å². The van der Waals surface area contributed by atoms with Crippen molar-refractivity contribution in [2.45, 2.75) is 38.8 Å². The van der Waals surface area contributed by atoms with Crippen LogP contribution >= 0.6 is 11.6 Å². The van der Waals surface area contributed by atoms with Crippen LogP contribution in [0, 0.1) is 19.8 Å². The van der Waals surface area contributed by atoms with Crippen LogP contribution in [-0.4, -0.2) is 35.2 Å². The maximum absolute atomic E-state index is 13.1. The molecule has 1 aliphatic carbocycles. The Bertz CT molecular complexity index is 1230. The zero-order chi connectivity index (χ0) is 26.6. The summed E-state index contributed by atoms with van der Waals surface area (Å²) in [6, 6.07) is 6.53. The van der Waals surface area contributed by atoms with Crippen molar-refractivity contribution < 1.29 is 27.6 Å². The molecule has 1 fully saturated rings. The van der Waals surface area contributed by atoms with E-state index in [0.29, 0.717) is 11.3 Å². The van der Waals surface area contributed by atoms with Gasteiger partial charge in [0.1, 0.15) is 23.1 Å². The fourth-order valence-electron chi connectivity index (χ4n) is 4.23. The van der Waals surface area contributed by atoms with Crippen molar-refractivity contribution in [3.05, 3.63) is 69.6 Å². The van der Waals surface area contributed by atoms with Crippen LogP contribution in [0.25, 0.3) is 0 Å². The number of halogens is 4. The third kappa shape index (κ3) is 6.17. The van der Waals surface area contributed by atoms with Crippen LogP contribution in [-0.2, 0) is 15.8 Å². The van der Waals surface area contributed by atoms with Crippen LogP contribution in [0.2, 0.25) is 0 Å². The van der Waals surface area contributed by atoms with Gasteiger partial charge in [-0.05, 0) is 61.2 Å². The van der Waals surface area contributed by atoms with E-state index in [1.54, 1.807) is 26.0 Å². The van der Waals surface area contributed by atoms with Gasteiger partial charge >= 0.3 is 6.18 Å². The minimum atomic E-state index is -4.67. The third-order valence-electron chi connectivity index (χ3n) is 5.87. The molecule has 11 heteroatoms. The van der Waals surface area contributed by atoms with Crippen molar-refractivity contribution in [3.63, 3.8) is 0 Å². The van der Waals surface area contributed by atoms with Crippen molar-refractivity contribution in [3.8, 4) is 0 Å². The Hall–Kier alpha value is -3.53. The van der Waals surface area contributed by atoms with Crippen molar-refractivity contribution in [2.24, 2.45) is 16.6 Å². The molecule has 36 heavy (non-hydrogen) atoms. The summed E-state index contributed by atoms with van der Waals surface area (Å²) < 4.78 is 38.5. The number of hydrogen-bond acceptors (Lipinski definition) is 6. The molecular formula is C25H24ClF3N4O3. The first-order chi connectivity index (χ1) is 16.9. The minimum Gasteiger partial charge on any atom is -0.403 e. The van der Waals surface area contributed by atoms with Crippen LogP contribution in [0.4, 0.5) is 18.9 Å². The number of ketones is 2. The van der Waals surface area contributed by atoms with Gasteiger partial charge in [0.05, 0.1) is 10.7 Å². The molecule has 1 aromatic heterocycles. The normalized spacial score (nSPS) is 18.8. The third-order valence-corrected chi connectivity index (χ3v) is 6.09. The topological polar surface area (TPSA) is 115 Å². The second kappa shape index (κ2) is 11.0. The van der Waals surface area contributed by atoms with Crippen molar-refractivity contribution in [1.82, 2.24) is 10.3 Å². The number of allylic oxidation sites excluding steroid dienone is 1. The maximum atomic E-state index is 13.1. The lowest BCUT2D eigenvalue weighted by Crippen LogP contribution is -2.28. The SMILES string of the molecule is Cc1cc(N=CC(Cl)=CN)cc(C)c1C1C(=O)CC(CCNC(=O)c2cccc(C(F)(F)F)n2)C1=O. The van der Waals surface area contributed by atoms with Crippen LogP contribution in [0.5, 0.6) is 0 Å². The molecule has 0 spiro atoms. The van der Waals surface area contributed by atoms with Gasteiger partial charge in [0.25, 0.3) is 5.91 Å². The zero-order valence-electron chi connectivity index (χ0n) is 19.5. The van der Waals surface area contributed by atoms with Crippen molar-refractivity contribution in [2.75, 3.05) is 6.54 Å². The molecule has 3 rings (SSSR count). The number of rotatable bonds is 7. The van der Waals surface area contributed by atoms with Gasteiger partial charge in [-0.2, -0.15) is 13.2 Å². The number of pyridine rings is 1. The molecule has 1 amide bonds. The van der Waals surface area contributed by atoms with E-state index in [2.05, 4.69) is 15.3 Å². The number of benzene rings is 1. The van der Waals surface area contributed by atoms with Gasteiger partial charge in [0.2, 0.25) is 0 Å². The van der Waals surface area contributed by atoms with Gasteiger partial charge < -0.3 is 11.1 Å². The smallest absolute Gasteiger partial charge is 0.403 e. The number of Topliss-reactive ketones (excluding diaryl/α,β-unsaturated/α-hetero) is 2. The Kier molecular flexibility index (Phi) is 8.29. The lowest BCUT2D eigenvalue weighted by Gasteiger charge is -2.16. The number of alkyl halides is 3. The molecule has 2 unspecified atom stereocenters. The number of hydrogen-bond donors (Lipinski definition) is 2. The number of aryl methyl sites for hydroxylation is 2. The average Bonchev–Trinajstić information content (AvgIpc) is 3.09. The van der Waals surface area contributed by atoms with E-state index in [0.717, 1.165) is 23.3 Å². The molecule has 2 atom stereocenters. The van der Waals surface area contributed by atoms with E-state index in [-0.39, 0.29) is 41.7 Å². The van der Waals surface area contributed by atoms with Gasteiger partial charge in [-0.15, -0.1) is 0 Å². The Labute approximate surface area is 210 Å². The molecule has 1 heterocycles. The molecular weight excluding hydrogens is 497 g/mol. The lowest BCUT2D eigenvalue weighted by molar-refractivity contribution is -0.141. The summed E-state index contributed by atoms with van der Waals surface area (Å²) in [6.07, 6.45) is -1.88. The number of nitrogens with one attached hydrogen (secondary N) is 1. The first-order valence-electron chi connectivity index (χ1n) is 11.0. The number of aliphatic imine (C=N–C) groups is 1. The summed E-state index contributed by atoms with van der Waals surface area (Å²) in [4.78, 5) is 45.7. The molecule has 1 saturated carbocycles. The second-order valence-corrected chi connectivity index (χ2v) is 8.89. The zero-order valence-corrected chi connectivity index (χ0v) is 20.3. The monoisotopic (exact) mass is 520 g/mol.